The zero-order valence-electron chi connectivity index (χ0n) is 8.66. The molecule has 1 aliphatic carbocycles. The maximum atomic E-state index is 11.5. The Morgan fingerprint density at radius 3 is 2.86 bits per heavy atom. The van der Waals surface area contributed by atoms with Crippen LogP contribution in [0.25, 0.3) is 0 Å². The van der Waals surface area contributed by atoms with Crippen molar-refractivity contribution in [2.45, 2.75) is 37.8 Å². The summed E-state index contributed by atoms with van der Waals surface area (Å²) in [6.07, 6.45) is 4.74. The number of urea groups is 1. The molecule has 2 rings (SSSR count). The fourth-order valence-electron chi connectivity index (χ4n) is 1.69. The molecule has 2 aliphatic rings. The van der Waals surface area contributed by atoms with E-state index in [9.17, 15) is 4.79 Å². The highest BCUT2D eigenvalue weighted by molar-refractivity contribution is 5.74. The first-order chi connectivity index (χ1) is 6.75. The Hall–Kier alpha value is -0.770. The van der Waals surface area contributed by atoms with Crippen molar-refractivity contribution in [3.8, 4) is 0 Å². The van der Waals surface area contributed by atoms with Gasteiger partial charge in [0.2, 0.25) is 0 Å². The van der Waals surface area contributed by atoms with Gasteiger partial charge in [0.25, 0.3) is 0 Å². The van der Waals surface area contributed by atoms with E-state index in [0.717, 1.165) is 38.8 Å². The van der Waals surface area contributed by atoms with Crippen LogP contribution in [-0.2, 0) is 4.74 Å². The highest BCUT2D eigenvalue weighted by atomic mass is 16.5. The number of hydrogen-bond donors (Lipinski definition) is 1. The second kappa shape index (κ2) is 4.17. The lowest BCUT2D eigenvalue weighted by atomic mass is 10.2. The molecule has 0 radical (unpaired) electrons. The predicted molar refractivity (Wildman–Crippen MR) is 53.2 cm³/mol. The highest BCUT2D eigenvalue weighted by Crippen LogP contribution is 2.19. The van der Waals surface area contributed by atoms with Gasteiger partial charge in [-0.3, -0.25) is 0 Å². The highest BCUT2D eigenvalue weighted by Gasteiger charge is 2.26. The monoisotopic (exact) mass is 198 g/mol. The van der Waals surface area contributed by atoms with E-state index in [1.807, 2.05) is 7.05 Å². The molecule has 0 aromatic rings. The zero-order valence-corrected chi connectivity index (χ0v) is 8.66. The van der Waals surface area contributed by atoms with Crippen LogP contribution in [0.1, 0.15) is 25.7 Å². The zero-order chi connectivity index (χ0) is 9.97. The van der Waals surface area contributed by atoms with Gasteiger partial charge < -0.3 is 15.0 Å². The summed E-state index contributed by atoms with van der Waals surface area (Å²) in [7, 11) is 1.83. The van der Waals surface area contributed by atoms with Crippen molar-refractivity contribution in [3.05, 3.63) is 0 Å². The van der Waals surface area contributed by atoms with E-state index >= 15 is 0 Å². The number of likely N-dealkylation sites (N-methyl/N-ethyl adjacent to an activating group) is 1. The van der Waals surface area contributed by atoms with Crippen molar-refractivity contribution in [1.29, 1.82) is 0 Å². The Labute approximate surface area is 84.6 Å². The first kappa shape index (κ1) is 9.77. The molecule has 1 aliphatic heterocycles. The summed E-state index contributed by atoms with van der Waals surface area (Å²) in [4.78, 5) is 13.3. The lowest BCUT2D eigenvalue weighted by Crippen LogP contribution is -2.42. The molecule has 0 aromatic heterocycles. The molecule has 1 N–H and O–H groups in total. The number of ether oxygens (including phenoxy) is 1. The van der Waals surface area contributed by atoms with Gasteiger partial charge in [-0.2, -0.15) is 0 Å². The van der Waals surface area contributed by atoms with Gasteiger partial charge in [0.15, 0.2) is 0 Å². The minimum absolute atomic E-state index is 0.0444. The summed E-state index contributed by atoms with van der Waals surface area (Å²) in [5.41, 5.74) is 0. The summed E-state index contributed by atoms with van der Waals surface area (Å²) in [6, 6.07) is 0.484. The van der Waals surface area contributed by atoms with Crippen LogP contribution in [0.15, 0.2) is 0 Å². The average Bonchev–Trinajstić information content (AvgIpc) is 2.81. The number of rotatable bonds is 3. The van der Waals surface area contributed by atoms with Crippen LogP contribution in [0.5, 0.6) is 0 Å². The summed E-state index contributed by atoms with van der Waals surface area (Å²) in [5, 5.41) is 2.96. The van der Waals surface area contributed by atoms with E-state index in [0.29, 0.717) is 6.04 Å². The standard InChI is InChI=1S/C10H18N2O2/c1-12(7-9-3-2-6-14-9)10(13)11-8-4-5-8/h8-9H,2-7H2,1H3,(H,11,13). The number of nitrogens with one attached hydrogen (secondary N) is 1. The van der Waals surface area contributed by atoms with Crippen LogP contribution in [0.2, 0.25) is 0 Å². The summed E-state index contributed by atoms with van der Waals surface area (Å²) in [5.74, 6) is 0. The van der Waals surface area contributed by atoms with Crippen molar-refractivity contribution in [1.82, 2.24) is 10.2 Å². The largest absolute Gasteiger partial charge is 0.376 e. The fraction of sp³-hybridized carbons (Fsp3) is 0.900. The quantitative estimate of drug-likeness (QED) is 0.734. The normalized spacial score (nSPS) is 26.2. The van der Waals surface area contributed by atoms with Gasteiger partial charge in [0, 0.05) is 26.2 Å². The Morgan fingerprint density at radius 1 is 1.50 bits per heavy atom. The average molecular weight is 198 g/mol. The fourth-order valence-corrected chi connectivity index (χ4v) is 1.69. The molecular weight excluding hydrogens is 180 g/mol. The molecule has 0 aromatic carbocycles. The van der Waals surface area contributed by atoms with Gasteiger partial charge in [-0.15, -0.1) is 0 Å². The Balaban J connectivity index is 1.69. The molecule has 1 saturated carbocycles. The minimum atomic E-state index is 0.0444. The van der Waals surface area contributed by atoms with Crippen LogP contribution in [-0.4, -0.2) is 43.3 Å². The Kier molecular flexibility index (Phi) is 2.91. The topological polar surface area (TPSA) is 41.6 Å². The molecule has 1 saturated heterocycles. The number of hydrogen-bond acceptors (Lipinski definition) is 2. The van der Waals surface area contributed by atoms with Crippen molar-refractivity contribution >= 4 is 6.03 Å². The first-order valence-electron chi connectivity index (χ1n) is 5.39. The molecule has 2 fully saturated rings. The minimum Gasteiger partial charge on any atom is -0.376 e. The van der Waals surface area contributed by atoms with E-state index in [4.69, 9.17) is 4.74 Å². The van der Waals surface area contributed by atoms with E-state index in [1.54, 1.807) is 4.90 Å². The van der Waals surface area contributed by atoms with Crippen LogP contribution in [0.3, 0.4) is 0 Å². The van der Waals surface area contributed by atoms with E-state index in [1.165, 1.54) is 0 Å². The number of carbonyl (C=O) groups excluding carboxylic acids is 1. The Bertz CT molecular complexity index is 210. The lowest BCUT2D eigenvalue weighted by molar-refractivity contribution is 0.0874. The molecule has 2 amide bonds. The second-order valence-electron chi connectivity index (χ2n) is 4.24. The van der Waals surface area contributed by atoms with E-state index in [2.05, 4.69) is 5.32 Å². The van der Waals surface area contributed by atoms with E-state index in [-0.39, 0.29) is 12.1 Å². The van der Waals surface area contributed by atoms with Crippen LogP contribution >= 0.6 is 0 Å². The maximum Gasteiger partial charge on any atom is 0.317 e. The Morgan fingerprint density at radius 2 is 2.29 bits per heavy atom. The molecule has 1 atom stereocenters. The molecule has 1 unspecified atom stereocenters. The number of carbonyl (C=O) groups is 1. The molecule has 80 valence electrons. The third kappa shape index (κ3) is 2.61. The number of amides is 2. The second-order valence-corrected chi connectivity index (χ2v) is 4.24. The van der Waals surface area contributed by atoms with Gasteiger partial charge in [-0.1, -0.05) is 0 Å². The van der Waals surface area contributed by atoms with Crippen molar-refractivity contribution in [2.75, 3.05) is 20.2 Å². The van der Waals surface area contributed by atoms with Gasteiger partial charge in [-0.05, 0) is 25.7 Å². The summed E-state index contributed by atoms with van der Waals surface area (Å²) in [6.45, 7) is 1.57. The third-order valence-electron chi connectivity index (χ3n) is 2.75. The van der Waals surface area contributed by atoms with Crippen LogP contribution in [0.4, 0.5) is 4.79 Å². The summed E-state index contributed by atoms with van der Waals surface area (Å²) >= 11 is 0. The molecular formula is C10H18N2O2. The first-order valence-corrected chi connectivity index (χ1v) is 5.39. The van der Waals surface area contributed by atoms with Crippen LogP contribution in [0, 0.1) is 0 Å². The number of nitrogens with zero attached hydrogens (tertiary/aromatic N) is 1. The molecule has 0 bridgehead atoms. The summed E-state index contributed by atoms with van der Waals surface area (Å²) < 4.78 is 5.47. The third-order valence-corrected chi connectivity index (χ3v) is 2.75. The van der Waals surface area contributed by atoms with Crippen LogP contribution < -0.4 is 5.32 Å². The van der Waals surface area contributed by atoms with Crippen molar-refractivity contribution in [2.24, 2.45) is 0 Å². The molecule has 4 nitrogen and oxygen atoms in total. The SMILES string of the molecule is CN(CC1CCCO1)C(=O)NC1CC1. The van der Waals surface area contributed by atoms with Crippen molar-refractivity contribution < 1.29 is 9.53 Å². The lowest BCUT2D eigenvalue weighted by Gasteiger charge is -2.21. The van der Waals surface area contributed by atoms with Gasteiger partial charge in [0.1, 0.15) is 0 Å². The van der Waals surface area contributed by atoms with Gasteiger partial charge in [-0.25, -0.2) is 4.79 Å². The molecule has 14 heavy (non-hydrogen) atoms. The van der Waals surface area contributed by atoms with E-state index < -0.39 is 0 Å². The van der Waals surface area contributed by atoms with Crippen molar-refractivity contribution in [3.63, 3.8) is 0 Å². The van der Waals surface area contributed by atoms with Gasteiger partial charge in [0.05, 0.1) is 6.10 Å². The molecule has 4 heteroatoms. The predicted octanol–water partition coefficient (Wildman–Crippen LogP) is 0.969. The van der Waals surface area contributed by atoms with Gasteiger partial charge >= 0.3 is 6.03 Å². The molecule has 1 heterocycles. The maximum absolute atomic E-state index is 11.5. The smallest absolute Gasteiger partial charge is 0.317 e. The molecule has 0 spiro atoms.